The molecule has 1 aliphatic rings. The molecule has 0 spiro atoms. The molecular weight excluding hydrogens is 259 g/mol. The van der Waals surface area contributed by atoms with Crippen molar-refractivity contribution in [3.05, 3.63) is 0 Å². The molecule has 1 saturated heterocycles. The van der Waals surface area contributed by atoms with E-state index in [-0.39, 0.29) is 31.4 Å². The molecule has 1 aliphatic heterocycles. The van der Waals surface area contributed by atoms with Crippen LogP contribution < -0.4 is 0 Å². The third-order valence-electron chi connectivity index (χ3n) is 2.76. The number of likely N-dealkylation sites (tertiary alicyclic amines) is 1. The van der Waals surface area contributed by atoms with Gasteiger partial charge in [0, 0.05) is 19.6 Å². The van der Waals surface area contributed by atoms with Gasteiger partial charge in [0.1, 0.15) is 0 Å². The van der Waals surface area contributed by atoms with E-state index in [0.29, 0.717) is 6.54 Å². The van der Waals surface area contributed by atoms with Crippen LogP contribution in [0.15, 0.2) is 0 Å². The summed E-state index contributed by atoms with van der Waals surface area (Å²) in [6.45, 7) is 4.11. The lowest BCUT2D eigenvalue weighted by Crippen LogP contribution is -2.33. The van der Waals surface area contributed by atoms with Crippen molar-refractivity contribution in [1.82, 2.24) is 4.90 Å². The molecule has 1 fully saturated rings. The van der Waals surface area contributed by atoms with Crippen LogP contribution >= 0.6 is 12.4 Å². The van der Waals surface area contributed by atoms with Crippen LogP contribution in [-0.2, 0) is 4.79 Å². The maximum atomic E-state index is 12.6. The monoisotopic (exact) mass is 275 g/mol. The summed E-state index contributed by atoms with van der Waals surface area (Å²) in [7, 11) is 0. The Morgan fingerprint density at radius 2 is 1.94 bits per heavy atom. The molecule has 102 valence electrons. The van der Waals surface area contributed by atoms with Gasteiger partial charge in [-0.3, -0.25) is 4.79 Å². The van der Waals surface area contributed by atoms with Crippen molar-refractivity contribution in [2.75, 3.05) is 19.6 Å². The molecule has 3 nitrogen and oxygen atoms in total. The first-order chi connectivity index (χ1) is 7.21. The number of alkyl halides is 3. The number of rotatable bonds is 3. The van der Waals surface area contributed by atoms with Gasteiger partial charge in [0.2, 0.25) is 0 Å². The third-order valence-corrected chi connectivity index (χ3v) is 2.76. The molecule has 0 amide bonds. The van der Waals surface area contributed by atoms with E-state index in [1.807, 2.05) is 13.8 Å². The summed E-state index contributed by atoms with van der Waals surface area (Å²) in [6, 6.07) is 0. The van der Waals surface area contributed by atoms with Gasteiger partial charge in [-0.05, 0) is 5.92 Å². The van der Waals surface area contributed by atoms with Crippen LogP contribution in [0.2, 0.25) is 0 Å². The number of carbonyl (C=O) groups is 1. The summed E-state index contributed by atoms with van der Waals surface area (Å²) in [6.07, 6.45) is -4.42. The van der Waals surface area contributed by atoms with Crippen molar-refractivity contribution < 1.29 is 23.1 Å². The van der Waals surface area contributed by atoms with Gasteiger partial charge in [0.05, 0.1) is 11.8 Å². The summed E-state index contributed by atoms with van der Waals surface area (Å²) in [5, 5.41) is 8.77. The van der Waals surface area contributed by atoms with Crippen LogP contribution in [0.1, 0.15) is 13.8 Å². The summed E-state index contributed by atoms with van der Waals surface area (Å²) in [5.41, 5.74) is 0. The Hall–Kier alpha value is -0.490. The SMILES string of the molecule is CC(C)CN1C[C@@H](C(F)(F)F)[C@H](C(=O)O)C1.Cl. The smallest absolute Gasteiger partial charge is 0.393 e. The van der Waals surface area contributed by atoms with E-state index in [4.69, 9.17) is 5.11 Å². The molecule has 0 aromatic carbocycles. The molecule has 1 N–H and O–H groups in total. The van der Waals surface area contributed by atoms with Gasteiger partial charge in [-0.2, -0.15) is 13.2 Å². The van der Waals surface area contributed by atoms with Gasteiger partial charge in [-0.25, -0.2) is 0 Å². The molecular formula is C10H17ClF3NO2. The fourth-order valence-corrected chi connectivity index (χ4v) is 2.13. The van der Waals surface area contributed by atoms with Gasteiger partial charge in [0.25, 0.3) is 0 Å². The van der Waals surface area contributed by atoms with Crippen molar-refractivity contribution in [3.63, 3.8) is 0 Å². The van der Waals surface area contributed by atoms with E-state index in [0.717, 1.165) is 0 Å². The lowest BCUT2D eigenvalue weighted by molar-refractivity contribution is -0.188. The Balaban J connectivity index is 0.00000256. The fraction of sp³-hybridized carbons (Fsp3) is 0.900. The highest BCUT2D eigenvalue weighted by Crippen LogP contribution is 2.37. The molecule has 0 aromatic heterocycles. The summed E-state index contributed by atoms with van der Waals surface area (Å²) >= 11 is 0. The molecule has 0 saturated carbocycles. The molecule has 0 unspecified atom stereocenters. The lowest BCUT2D eigenvalue weighted by Gasteiger charge is -2.19. The normalized spacial score (nSPS) is 26.0. The van der Waals surface area contributed by atoms with Crippen LogP contribution in [0.25, 0.3) is 0 Å². The largest absolute Gasteiger partial charge is 0.481 e. The highest BCUT2D eigenvalue weighted by molar-refractivity contribution is 5.85. The Kier molecular flexibility index (Phi) is 5.74. The second-order valence-electron chi connectivity index (χ2n) is 4.71. The average molecular weight is 276 g/mol. The van der Waals surface area contributed by atoms with E-state index in [1.165, 1.54) is 0 Å². The topological polar surface area (TPSA) is 40.5 Å². The Labute approximate surface area is 104 Å². The van der Waals surface area contributed by atoms with E-state index in [2.05, 4.69) is 0 Å². The van der Waals surface area contributed by atoms with Crippen molar-refractivity contribution in [2.24, 2.45) is 17.8 Å². The number of carboxylic acid groups (broad SMARTS) is 1. The first-order valence-electron chi connectivity index (χ1n) is 5.23. The summed E-state index contributed by atoms with van der Waals surface area (Å²) in [5.74, 6) is -4.17. The van der Waals surface area contributed by atoms with Crippen molar-refractivity contribution >= 4 is 18.4 Å². The summed E-state index contributed by atoms with van der Waals surface area (Å²) in [4.78, 5) is 12.3. The third kappa shape index (κ3) is 4.35. The number of aliphatic carboxylic acids is 1. The molecule has 2 atom stereocenters. The van der Waals surface area contributed by atoms with Crippen LogP contribution in [0.5, 0.6) is 0 Å². The minimum Gasteiger partial charge on any atom is -0.481 e. The van der Waals surface area contributed by atoms with Crippen LogP contribution in [0.3, 0.4) is 0 Å². The number of hydrogen-bond acceptors (Lipinski definition) is 2. The Morgan fingerprint density at radius 1 is 1.41 bits per heavy atom. The highest BCUT2D eigenvalue weighted by Gasteiger charge is 2.52. The second kappa shape index (κ2) is 5.91. The maximum Gasteiger partial charge on any atom is 0.393 e. The molecule has 0 aliphatic carbocycles. The van der Waals surface area contributed by atoms with E-state index < -0.39 is 24.0 Å². The van der Waals surface area contributed by atoms with Gasteiger partial charge in [-0.1, -0.05) is 13.8 Å². The van der Waals surface area contributed by atoms with Gasteiger partial charge in [-0.15, -0.1) is 12.4 Å². The second-order valence-corrected chi connectivity index (χ2v) is 4.71. The number of nitrogens with zero attached hydrogens (tertiary/aromatic N) is 1. The average Bonchev–Trinajstić information content (AvgIpc) is 2.45. The van der Waals surface area contributed by atoms with Crippen LogP contribution in [0, 0.1) is 17.8 Å². The first-order valence-corrected chi connectivity index (χ1v) is 5.23. The maximum absolute atomic E-state index is 12.6. The number of carboxylic acids is 1. The first kappa shape index (κ1) is 16.5. The zero-order valence-electron chi connectivity index (χ0n) is 9.70. The highest BCUT2D eigenvalue weighted by atomic mass is 35.5. The number of hydrogen-bond donors (Lipinski definition) is 1. The minimum atomic E-state index is -4.42. The van der Waals surface area contributed by atoms with Gasteiger partial charge in [0.15, 0.2) is 0 Å². The molecule has 0 aromatic rings. The van der Waals surface area contributed by atoms with Crippen molar-refractivity contribution in [3.8, 4) is 0 Å². The molecule has 0 bridgehead atoms. The van der Waals surface area contributed by atoms with Crippen molar-refractivity contribution in [1.29, 1.82) is 0 Å². The van der Waals surface area contributed by atoms with Gasteiger partial charge >= 0.3 is 12.1 Å². The predicted octanol–water partition coefficient (Wildman–Crippen LogP) is 2.26. The van der Waals surface area contributed by atoms with E-state index >= 15 is 0 Å². The zero-order chi connectivity index (χ0) is 12.5. The van der Waals surface area contributed by atoms with E-state index in [9.17, 15) is 18.0 Å². The molecule has 1 heterocycles. The molecule has 7 heteroatoms. The zero-order valence-corrected chi connectivity index (χ0v) is 10.5. The molecule has 1 rings (SSSR count). The van der Waals surface area contributed by atoms with E-state index in [1.54, 1.807) is 4.90 Å². The predicted molar refractivity (Wildman–Crippen MR) is 59.2 cm³/mol. The molecule has 17 heavy (non-hydrogen) atoms. The van der Waals surface area contributed by atoms with Gasteiger partial charge < -0.3 is 10.0 Å². The standard InChI is InChI=1S/C10H16F3NO2.ClH/c1-6(2)3-14-4-7(9(15)16)8(5-14)10(11,12)13;/h6-8H,3-5H2,1-2H3,(H,15,16);1H/t7-,8-;/m1./s1. The quantitative estimate of drug-likeness (QED) is 0.859. The Bertz CT molecular complexity index is 271. The lowest BCUT2D eigenvalue weighted by atomic mass is 9.96. The minimum absolute atomic E-state index is 0. The van der Waals surface area contributed by atoms with Crippen LogP contribution in [-0.4, -0.2) is 41.8 Å². The Morgan fingerprint density at radius 3 is 2.24 bits per heavy atom. The molecule has 0 radical (unpaired) electrons. The number of halogens is 4. The fourth-order valence-electron chi connectivity index (χ4n) is 2.13. The van der Waals surface area contributed by atoms with Crippen molar-refractivity contribution in [2.45, 2.75) is 20.0 Å². The summed E-state index contributed by atoms with van der Waals surface area (Å²) < 4.78 is 37.8. The van der Waals surface area contributed by atoms with Crippen LogP contribution in [0.4, 0.5) is 13.2 Å².